The van der Waals surface area contributed by atoms with Crippen LogP contribution < -0.4 is 5.32 Å². The molecule has 5 rings (SSSR count). The molecule has 174 valence electrons. The molecule has 0 radical (unpaired) electrons. The van der Waals surface area contributed by atoms with Gasteiger partial charge in [-0.25, -0.2) is 4.52 Å². The fourth-order valence-electron chi connectivity index (χ4n) is 4.90. The van der Waals surface area contributed by atoms with Crippen molar-refractivity contribution in [2.24, 2.45) is 5.92 Å². The van der Waals surface area contributed by atoms with E-state index in [1.54, 1.807) is 12.4 Å². The maximum absolute atomic E-state index is 13.4. The second-order valence-electron chi connectivity index (χ2n) is 9.23. The van der Waals surface area contributed by atoms with Crippen molar-refractivity contribution in [2.75, 3.05) is 18.4 Å². The fraction of sp³-hybridized carbons (Fsp3) is 0.321. The number of carbonyl (C=O) groups excluding carboxylic acids is 1. The molecule has 0 spiro atoms. The third-order valence-electron chi connectivity index (χ3n) is 6.88. The van der Waals surface area contributed by atoms with E-state index in [0.29, 0.717) is 12.5 Å². The molecule has 1 amide bonds. The summed E-state index contributed by atoms with van der Waals surface area (Å²) < 4.78 is 1.94. The summed E-state index contributed by atoms with van der Waals surface area (Å²) in [6.07, 6.45) is 11.7. The topological polar surface area (TPSA) is 62.5 Å². The second-order valence-corrected chi connectivity index (χ2v) is 9.23. The van der Waals surface area contributed by atoms with Crippen LogP contribution in [0.15, 0.2) is 73.3 Å². The third-order valence-corrected chi connectivity index (χ3v) is 6.88. The molecule has 4 aromatic rings. The number of anilines is 1. The average molecular weight is 454 g/mol. The number of nitrogens with one attached hydrogen (secondary N) is 1. The maximum atomic E-state index is 13.4. The van der Waals surface area contributed by atoms with Crippen LogP contribution in [0.2, 0.25) is 0 Å². The van der Waals surface area contributed by atoms with Gasteiger partial charge in [0.25, 0.3) is 5.91 Å². The van der Waals surface area contributed by atoms with Crippen LogP contribution in [0, 0.1) is 12.8 Å². The van der Waals surface area contributed by atoms with Crippen LogP contribution in [0.1, 0.15) is 46.3 Å². The minimum absolute atomic E-state index is 0.130. The molecule has 1 saturated heterocycles. The number of likely N-dealkylation sites (tertiary alicyclic amines) is 1. The molecule has 1 fully saturated rings. The van der Waals surface area contributed by atoms with Crippen molar-refractivity contribution in [2.45, 2.75) is 39.2 Å². The molecule has 1 aromatic carbocycles. The van der Waals surface area contributed by atoms with Gasteiger partial charge < -0.3 is 10.2 Å². The number of pyridine rings is 2. The first kappa shape index (κ1) is 22.1. The predicted octanol–water partition coefficient (Wildman–Crippen LogP) is 5.13. The summed E-state index contributed by atoms with van der Waals surface area (Å²) in [6.45, 7) is 4.40. The Morgan fingerprint density at radius 3 is 2.82 bits per heavy atom. The summed E-state index contributed by atoms with van der Waals surface area (Å²) in [5, 5.41) is 7.84. The number of aryl methyl sites for hydroxylation is 1. The quantitative estimate of drug-likeness (QED) is 0.439. The Kier molecular flexibility index (Phi) is 6.56. The van der Waals surface area contributed by atoms with Crippen LogP contribution in [-0.2, 0) is 13.0 Å². The first-order chi connectivity index (χ1) is 16.7. The second kappa shape index (κ2) is 10.1. The first-order valence-corrected chi connectivity index (χ1v) is 12.1. The molecular formula is C28H31N5O. The number of carbonyl (C=O) groups is 1. The summed E-state index contributed by atoms with van der Waals surface area (Å²) in [4.78, 5) is 19.5. The predicted molar refractivity (Wildman–Crippen MR) is 135 cm³/mol. The highest BCUT2D eigenvalue weighted by molar-refractivity contribution is 5.95. The van der Waals surface area contributed by atoms with Gasteiger partial charge >= 0.3 is 0 Å². The number of benzene rings is 1. The van der Waals surface area contributed by atoms with E-state index in [0.717, 1.165) is 61.2 Å². The van der Waals surface area contributed by atoms with Crippen LogP contribution in [0.5, 0.6) is 0 Å². The lowest BCUT2D eigenvalue weighted by molar-refractivity contribution is 0.0760. The third kappa shape index (κ3) is 4.96. The molecule has 34 heavy (non-hydrogen) atoms. The number of nitrogens with zero attached hydrogens (tertiary/aromatic N) is 4. The zero-order chi connectivity index (χ0) is 23.3. The summed E-state index contributed by atoms with van der Waals surface area (Å²) in [5.41, 5.74) is 6.58. The molecule has 0 saturated carbocycles. The summed E-state index contributed by atoms with van der Waals surface area (Å²) in [7, 11) is 0. The molecule has 0 bridgehead atoms. The number of hydrogen-bond donors (Lipinski definition) is 1. The van der Waals surface area contributed by atoms with Crippen LogP contribution >= 0.6 is 0 Å². The van der Waals surface area contributed by atoms with Gasteiger partial charge in [-0.15, -0.1) is 0 Å². The molecule has 1 atom stereocenters. The Bertz CT molecular complexity index is 1270. The molecular weight excluding hydrogens is 422 g/mol. The zero-order valence-corrected chi connectivity index (χ0v) is 19.7. The minimum atomic E-state index is 0.130. The van der Waals surface area contributed by atoms with Gasteiger partial charge in [0.1, 0.15) is 0 Å². The van der Waals surface area contributed by atoms with Gasteiger partial charge in [0.05, 0.1) is 5.52 Å². The number of hydrogen-bond acceptors (Lipinski definition) is 4. The standard InChI is InChI=1S/C28H31N5O/c1-21-6-7-25(19-26(21)30-20-23-8-12-29-13-9-23)28(34)32-15-2-4-22(11-17-32)18-24-5-3-16-33-27(24)10-14-31-33/h3,5-10,12-14,16,19,22,30H,2,4,11,15,17-18,20H2,1H3/t22-/m1/s1. The van der Waals surface area contributed by atoms with Crippen molar-refractivity contribution >= 4 is 17.1 Å². The average Bonchev–Trinajstić information content (AvgIpc) is 3.24. The highest BCUT2D eigenvalue weighted by Gasteiger charge is 2.23. The fourth-order valence-corrected chi connectivity index (χ4v) is 4.90. The first-order valence-electron chi connectivity index (χ1n) is 12.1. The normalized spacial score (nSPS) is 16.4. The van der Waals surface area contributed by atoms with Crippen LogP contribution in [0.4, 0.5) is 5.69 Å². The monoisotopic (exact) mass is 453 g/mol. The number of rotatable bonds is 6. The van der Waals surface area contributed by atoms with Gasteiger partial charge in [0.15, 0.2) is 0 Å². The summed E-state index contributed by atoms with van der Waals surface area (Å²) in [6, 6.07) is 16.3. The van der Waals surface area contributed by atoms with Crippen molar-refractivity contribution in [3.63, 3.8) is 0 Å². The Morgan fingerprint density at radius 2 is 1.94 bits per heavy atom. The van der Waals surface area contributed by atoms with E-state index in [9.17, 15) is 4.79 Å². The van der Waals surface area contributed by atoms with Gasteiger partial charge in [-0.05, 0) is 91.6 Å². The smallest absolute Gasteiger partial charge is 0.253 e. The molecule has 0 aliphatic carbocycles. The van der Waals surface area contributed by atoms with E-state index in [-0.39, 0.29) is 5.91 Å². The Labute approximate surface area is 200 Å². The van der Waals surface area contributed by atoms with E-state index < -0.39 is 0 Å². The van der Waals surface area contributed by atoms with Gasteiger partial charge in [-0.3, -0.25) is 9.78 Å². The summed E-state index contributed by atoms with van der Waals surface area (Å²) >= 11 is 0. The van der Waals surface area contributed by atoms with Crippen LogP contribution in [-0.4, -0.2) is 38.5 Å². The lowest BCUT2D eigenvalue weighted by Gasteiger charge is -2.22. The van der Waals surface area contributed by atoms with Gasteiger partial charge in [0.2, 0.25) is 0 Å². The van der Waals surface area contributed by atoms with E-state index in [2.05, 4.69) is 40.5 Å². The molecule has 4 heterocycles. The molecule has 3 aromatic heterocycles. The van der Waals surface area contributed by atoms with E-state index >= 15 is 0 Å². The van der Waals surface area contributed by atoms with Crippen molar-refractivity contribution in [3.8, 4) is 0 Å². The minimum Gasteiger partial charge on any atom is -0.381 e. The van der Waals surface area contributed by atoms with Gasteiger partial charge in [-0.2, -0.15) is 5.10 Å². The molecule has 6 nitrogen and oxygen atoms in total. The lowest BCUT2D eigenvalue weighted by atomic mass is 9.92. The Morgan fingerprint density at radius 1 is 1.06 bits per heavy atom. The van der Waals surface area contributed by atoms with Gasteiger partial charge in [0, 0.05) is 55.7 Å². The Balaban J connectivity index is 1.23. The number of aromatic nitrogens is 3. The van der Waals surface area contributed by atoms with Crippen molar-refractivity contribution < 1.29 is 4.79 Å². The van der Waals surface area contributed by atoms with Gasteiger partial charge in [-0.1, -0.05) is 12.1 Å². The van der Waals surface area contributed by atoms with Crippen molar-refractivity contribution in [3.05, 3.63) is 95.6 Å². The number of fused-ring (bicyclic) bond motifs is 1. The number of amides is 1. The van der Waals surface area contributed by atoms with Crippen LogP contribution in [0.3, 0.4) is 0 Å². The van der Waals surface area contributed by atoms with E-state index in [1.165, 1.54) is 11.1 Å². The Hall–Kier alpha value is -3.67. The van der Waals surface area contributed by atoms with E-state index in [1.807, 2.05) is 52.1 Å². The molecule has 1 aliphatic heterocycles. The largest absolute Gasteiger partial charge is 0.381 e. The molecule has 6 heteroatoms. The maximum Gasteiger partial charge on any atom is 0.253 e. The highest BCUT2D eigenvalue weighted by atomic mass is 16.2. The van der Waals surface area contributed by atoms with Crippen LogP contribution in [0.25, 0.3) is 5.52 Å². The zero-order valence-electron chi connectivity index (χ0n) is 19.7. The molecule has 1 N–H and O–H groups in total. The van der Waals surface area contributed by atoms with E-state index in [4.69, 9.17) is 0 Å². The SMILES string of the molecule is Cc1ccc(C(=O)N2CCC[C@@H](Cc3cccn4nccc34)CC2)cc1NCc1ccncc1. The van der Waals surface area contributed by atoms with Crippen molar-refractivity contribution in [1.29, 1.82) is 0 Å². The molecule has 1 aliphatic rings. The highest BCUT2D eigenvalue weighted by Crippen LogP contribution is 2.26. The molecule has 0 unspecified atom stereocenters. The summed E-state index contributed by atoms with van der Waals surface area (Å²) in [5.74, 6) is 0.708. The lowest BCUT2D eigenvalue weighted by Crippen LogP contribution is -2.32. The van der Waals surface area contributed by atoms with Crippen molar-refractivity contribution in [1.82, 2.24) is 19.5 Å².